The van der Waals surface area contributed by atoms with Crippen LogP contribution in [0.2, 0.25) is 0 Å². The molecule has 260 valence electrons. The largest absolute Gasteiger partial charge is 0.466 e. The Morgan fingerprint density at radius 2 is 0.659 bits per heavy atom. The van der Waals surface area contributed by atoms with E-state index in [1.807, 2.05) is 0 Å². The molecule has 0 spiro atoms. The molecule has 0 atom stereocenters. The maximum absolute atomic E-state index is 12.2. The van der Waals surface area contributed by atoms with Gasteiger partial charge in [-0.2, -0.15) is 0 Å². The summed E-state index contributed by atoms with van der Waals surface area (Å²) in [4.78, 5) is 29.0. The van der Waals surface area contributed by atoms with Crippen LogP contribution in [0.15, 0.2) is 0 Å². The summed E-state index contributed by atoms with van der Waals surface area (Å²) in [6.45, 7) is 11.0. The number of ether oxygens (including phenoxy) is 2. The van der Waals surface area contributed by atoms with E-state index in [1.54, 1.807) is 0 Å². The number of carbonyl (C=O) groups excluding carboxylic acids is 2. The molecular weight excluding hydrogens is 548 g/mol. The molecule has 1 aliphatic rings. The fraction of sp³-hybridized carbons (Fsp3) is 0.947. The zero-order valence-corrected chi connectivity index (χ0v) is 29.6. The van der Waals surface area contributed by atoms with Crippen LogP contribution < -0.4 is 0 Å². The maximum Gasteiger partial charge on any atom is 0.307 e. The van der Waals surface area contributed by atoms with Crippen LogP contribution in [0.5, 0.6) is 0 Å². The summed E-state index contributed by atoms with van der Waals surface area (Å²) < 4.78 is 10.9. The van der Waals surface area contributed by atoms with Gasteiger partial charge < -0.3 is 19.3 Å². The van der Waals surface area contributed by atoms with Gasteiger partial charge in [0.15, 0.2) is 0 Å². The number of rotatable bonds is 32. The number of unbranched alkanes of at least 4 members (excludes halogenated alkanes) is 22. The average molecular weight is 623 g/mol. The number of carbonyl (C=O) groups is 2. The van der Waals surface area contributed by atoms with Crippen molar-refractivity contribution in [3.8, 4) is 0 Å². The van der Waals surface area contributed by atoms with E-state index in [0.717, 1.165) is 52.1 Å². The van der Waals surface area contributed by atoms with Crippen molar-refractivity contribution in [2.24, 2.45) is 0 Å². The van der Waals surface area contributed by atoms with Crippen molar-refractivity contribution >= 4 is 11.9 Å². The average Bonchev–Trinajstić information content (AvgIpc) is 3.04. The smallest absolute Gasteiger partial charge is 0.307 e. The van der Waals surface area contributed by atoms with E-state index in [-0.39, 0.29) is 11.9 Å². The molecule has 0 radical (unpaired) electrons. The van der Waals surface area contributed by atoms with Crippen LogP contribution in [0.25, 0.3) is 0 Å². The number of hydrogen-bond donors (Lipinski definition) is 0. The predicted octanol–water partition coefficient (Wildman–Crippen LogP) is 9.87. The molecule has 0 bridgehead atoms. The van der Waals surface area contributed by atoms with Gasteiger partial charge in [0, 0.05) is 39.3 Å². The number of hydrogen-bond acceptors (Lipinski definition) is 6. The number of esters is 2. The highest BCUT2D eigenvalue weighted by molar-refractivity contribution is 5.69. The number of piperazine rings is 1. The molecule has 0 aromatic heterocycles. The fourth-order valence-electron chi connectivity index (χ4n) is 6.14. The van der Waals surface area contributed by atoms with Crippen molar-refractivity contribution in [3.05, 3.63) is 0 Å². The summed E-state index contributed by atoms with van der Waals surface area (Å²) in [5.41, 5.74) is 0. The Balaban J connectivity index is 1.85. The van der Waals surface area contributed by atoms with Gasteiger partial charge in [0.2, 0.25) is 0 Å². The third-order valence-corrected chi connectivity index (χ3v) is 9.25. The molecule has 6 heteroatoms. The monoisotopic (exact) mass is 623 g/mol. The van der Waals surface area contributed by atoms with Crippen LogP contribution in [0.3, 0.4) is 0 Å². The molecule has 0 aromatic carbocycles. The Bertz CT molecular complexity index is 582. The van der Waals surface area contributed by atoms with Crippen molar-refractivity contribution in [3.63, 3.8) is 0 Å². The first-order valence-electron chi connectivity index (χ1n) is 19.4. The minimum absolute atomic E-state index is 0.0635. The molecule has 1 saturated heterocycles. The molecule has 0 aromatic rings. The molecule has 1 heterocycles. The second kappa shape index (κ2) is 31.8. The van der Waals surface area contributed by atoms with E-state index in [1.165, 1.54) is 141 Å². The SMILES string of the molecule is CCCCCCCCCCCCCCOC(=O)CCN1CCN(CCC(=O)OCCCCCCCCCCCCCC)CC1. The molecule has 0 amide bonds. The minimum atomic E-state index is -0.0635. The topological polar surface area (TPSA) is 59.1 Å². The standard InChI is InChI=1S/C38H74N2O4/c1-3-5-7-9-11-13-15-17-19-21-23-25-35-43-37(41)27-29-39-31-33-40(34-32-39)30-28-38(42)44-36-26-24-22-20-18-16-14-12-10-8-6-4-2/h3-36H2,1-2H3. The van der Waals surface area contributed by atoms with Gasteiger partial charge in [0.05, 0.1) is 26.1 Å². The van der Waals surface area contributed by atoms with Crippen molar-refractivity contribution in [2.75, 3.05) is 52.5 Å². The fourth-order valence-corrected chi connectivity index (χ4v) is 6.14. The number of nitrogens with zero attached hydrogens (tertiary/aromatic N) is 2. The van der Waals surface area contributed by atoms with Crippen LogP contribution in [0.4, 0.5) is 0 Å². The zero-order valence-electron chi connectivity index (χ0n) is 29.6. The van der Waals surface area contributed by atoms with Crippen LogP contribution in [-0.4, -0.2) is 74.2 Å². The molecule has 1 fully saturated rings. The Hall–Kier alpha value is -1.14. The molecular formula is C38H74N2O4. The highest BCUT2D eigenvalue weighted by atomic mass is 16.5. The molecule has 1 aliphatic heterocycles. The lowest BCUT2D eigenvalue weighted by Gasteiger charge is -2.34. The quantitative estimate of drug-likeness (QED) is 0.0550. The third-order valence-electron chi connectivity index (χ3n) is 9.25. The first-order valence-corrected chi connectivity index (χ1v) is 19.4. The van der Waals surface area contributed by atoms with Gasteiger partial charge in [-0.05, 0) is 12.8 Å². The molecule has 1 rings (SSSR count). The van der Waals surface area contributed by atoms with Gasteiger partial charge in [-0.1, -0.05) is 155 Å². The van der Waals surface area contributed by atoms with Gasteiger partial charge in [-0.3, -0.25) is 9.59 Å². The Labute approximate surface area is 273 Å². The summed E-state index contributed by atoms with van der Waals surface area (Å²) >= 11 is 0. The predicted molar refractivity (Wildman–Crippen MR) is 186 cm³/mol. The van der Waals surface area contributed by atoms with Gasteiger partial charge in [-0.25, -0.2) is 0 Å². The summed E-state index contributed by atoms with van der Waals surface area (Å²) in [5.74, 6) is -0.127. The molecule has 0 aliphatic carbocycles. The summed E-state index contributed by atoms with van der Waals surface area (Å²) in [7, 11) is 0. The second-order valence-corrected chi connectivity index (χ2v) is 13.4. The van der Waals surface area contributed by atoms with Gasteiger partial charge in [0.25, 0.3) is 0 Å². The molecule has 6 nitrogen and oxygen atoms in total. The Kier molecular flexibility index (Phi) is 29.6. The van der Waals surface area contributed by atoms with Crippen molar-refractivity contribution < 1.29 is 19.1 Å². The summed E-state index contributed by atoms with van der Waals surface area (Å²) in [5, 5.41) is 0. The first kappa shape index (κ1) is 40.9. The van der Waals surface area contributed by atoms with E-state index >= 15 is 0 Å². The van der Waals surface area contributed by atoms with Crippen LogP contribution in [0, 0.1) is 0 Å². The van der Waals surface area contributed by atoms with Gasteiger partial charge >= 0.3 is 11.9 Å². The van der Waals surface area contributed by atoms with Crippen LogP contribution >= 0.6 is 0 Å². The van der Waals surface area contributed by atoms with Crippen molar-refractivity contribution in [1.29, 1.82) is 0 Å². The van der Waals surface area contributed by atoms with E-state index in [4.69, 9.17) is 9.47 Å². The van der Waals surface area contributed by atoms with Gasteiger partial charge in [0.1, 0.15) is 0 Å². The van der Waals surface area contributed by atoms with Crippen LogP contribution in [-0.2, 0) is 19.1 Å². The van der Waals surface area contributed by atoms with Crippen molar-refractivity contribution in [1.82, 2.24) is 9.80 Å². The van der Waals surface area contributed by atoms with E-state index < -0.39 is 0 Å². The third kappa shape index (κ3) is 27.2. The van der Waals surface area contributed by atoms with Gasteiger partial charge in [-0.15, -0.1) is 0 Å². The minimum Gasteiger partial charge on any atom is -0.466 e. The van der Waals surface area contributed by atoms with E-state index in [0.29, 0.717) is 26.1 Å². The maximum atomic E-state index is 12.2. The van der Waals surface area contributed by atoms with E-state index in [9.17, 15) is 9.59 Å². The summed E-state index contributed by atoms with van der Waals surface area (Å²) in [6.07, 6.45) is 32.5. The highest BCUT2D eigenvalue weighted by Gasteiger charge is 2.18. The normalized spacial score (nSPS) is 14.2. The molecule has 0 unspecified atom stereocenters. The lowest BCUT2D eigenvalue weighted by Crippen LogP contribution is -2.47. The molecule has 44 heavy (non-hydrogen) atoms. The lowest BCUT2D eigenvalue weighted by molar-refractivity contribution is -0.145. The molecule has 0 N–H and O–H groups in total. The molecule has 0 saturated carbocycles. The zero-order chi connectivity index (χ0) is 31.8. The second-order valence-electron chi connectivity index (χ2n) is 13.4. The first-order chi connectivity index (χ1) is 21.7. The van der Waals surface area contributed by atoms with Crippen LogP contribution in [0.1, 0.15) is 181 Å². The highest BCUT2D eigenvalue weighted by Crippen LogP contribution is 2.13. The lowest BCUT2D eigenvalue weighted by atomic mass is 10.1. The Morgan fingerprint density at radius 3 is 0.932 bits per heavy atom. The van der Waals surface area contributed by atoms with E-state index in [2.05, 4.69) is 23.6 Å². The van der Waals surface area contributed by atoms with Crippen molar-refractivity contribution in [2.45, 2.75) is 181 Å². The summed E-state index contributed by atoms with van der Waals surface area (Å²) in [6, 6.07) is 0. The Morgan fingerprint density at radius 1 is 0.409 bits per heavy atom.